The predicted octanol–water partition coefficient (Wildman–Crippen LogP) is 2.35. The third-order valence-electron chi connectivity index (χ3n) is 2.11. The summed E-state index contributed by atoms with van der Waals surface area (Å²) >= 11 is 12.4. The molecule has 0 aromatic carbocycles. The standard InChI is InChI=1S/C9H12Cl2N2O2S/c1-3-13(4-2)9(15)5(14)8-12-6(10)7(11)16-8/h5,14H,3-4H2,1-2H3. The van der Waals surface area contributed by atoms with Gasteiger partial charge in [0.2, 0.25) is 0 Å². The lowest BCUT2D eigenvalue weighted by Gasteiger charge is -2.20. The van der Waals surface area contributed by atoms with E-state index in [2.05, 4.69) is 4.98 Å². The van der Waals surface area contributed by atoms with Gasteiger partial charge >= 0.3 is 0 Å². The maximum Gasteiger partial charge on any atom is 0.258 e. The van der Waals surface area contributed by atoms with Crippen LogP contribution in [0.4, 0.5) is 0 Å². The molecule has 1 rings (SSSR count). The molecule has 1 unspecified atom stereocenters. The number of aromatic nitrogens is 1. The van der Waals surface area contributed by atoms with E-state index in [4.69, 9.17) is 23.2 Å². The average molecular weight is 283 g/mol. The highest BCUT2D eigenvalue weighted by Gasteiger charge is 2.25. The Bertz CT molecular complexity index is 360. The number of thiazole rings is 1. The van der Waals surface area contributed by atoms with Gasteiger partial charge in [-0.2, -0.15) is 0 Å². The number of likely N-dealkylation sites (N-methyl/N-ethyl adjacent to an activating group) is 1. The second kappa shape index (κ2) is 5.82. The lowest BCUT2D eigenvalue weighted by atomic mass is 10.3. The minimum absolute atomic E-state index is 0.119. The number of carbonyl (C=O) groups is 1. The molecule has 4 nitrogen and oxygen atoms in total. The number of hydrogen-bond donors (Lipinski definition) is 1. The van der Waals surface area contributed by atoms with Crippen LogP contribution < -0.4 is 0 Å². The Balaban J connectivity index is 2.85. The molecule has 1 amide bonds. The summed E-state index contributed by atoms with van der Waals surface area (Å²) in [6.45, 7) is 4.77. The summed E-state index contributed by atoms with van der Waals surface area (Å²) < 4.78 is 0.281. The van der Waals surface area contributed by atoms with Crippen LogP contribution in [0, 0.1) is 0 Å². The minimum atomic E-state index is -1.28. The van der Waals surface area contributed by atoms with Crippen molar-refractivity contribution >= 4 is 40.4 Å². The predicted molar refractivity (Wildman–Crippen MR) is 65.0 cm³/mol. The number of aliphatic hydroxyl groups excluding tert-OH is 1. The van der Waals surface area contributed by atoms with Gasteiger partial charge in [0, 0.05) is 13.1 Å². The quantitative estimate of drug-likeness (QED) is 0.922. The average Bonchev–Trinajstić information content (AvgIpc) is 2.59. The molecular weight excluding hydrogens is 271 g/mol. The zero-order valence-electron chi connectivity index (χ0n) is 8.91. The first kappa shape index (κ1) is 13.7. The Kier molecular flexibility index (Phi) is 4.98. The van der Waals surface area contributed by atoms with Crippen LogP contribution in [-0.2, 0) is 4.79 Å². The van der Waals surface area contributed by atoms with Gasteiger partial charge in [-0.1, -0.05) is 23.2 Å². The summed E-state index contributed by atoms with van der Waals surface area (Å²) in [6.07, 6.45) is -1.28. The van der Waals surface area contributed by atoms with E-state index in [0.29, 0.717) is 13.1 Å². The van der Waals surface area contributed by atoms with Gasteiger partial charge in [-0.05, 0) is 13.8 Å². The zero-order valence-corrected chi connectivity index (χ0v) is 11.2. The molecule has 0 aliphatic rings. The molecule has 0 saturated carbocycles. The summed E-state index contributed by atoms with van der Waals surface area (Å²) in [7, 11) is 0. The van der Waals surface area contributed by atoms with Gasteiger partial charge in [-0.3, -0.25) is 4.79 Å². The van der Waals surface area contributed by atoms with Gasteiger partial charge in [0.15, 0.2) is 11.3 Å². The van der Waals surface area contributed by atoms with E-state index >= 15 is 0 Å². The molecule has 0 aliphatic heterocycles. The lowest BCUT2D eigenvalue weighted by Crippen LogP contribution is -2.34. The van der Waals surface area contributed by atoms with Crippen molar-refractivity contribution in [2.45, 2.75) is 20.0 Å². The van der Waals surface area contributed by atoms with Crippen LogP contribution >= 0.6 is 34.5 Å². The van der Waals surface area contributed by atoms with Crippen molar-refractivity contribution in [2.24, 2.45) is 0 Å². The summed E-state index contributed by atoms with van der Waals surface area (Å²) in [5, 5.41) is 10.1. The molecule has 1 aromatic heterocycles. The normalized spacial score (nSPS) is 12.6. The Labute approximate surface area is 108 Å². The van der Waals surface area contributed by atoms with Crippen LogP contribution in [0.2, 0.25) is 9.49 Å². The molecule has 90 valence electrons. The number of aliphatic hydroxyl groups is 1. The topological polar surface area (TPSA) is 53.4 Å². The first-order chi connectivity index (χ1) is 7.51. The molecule has 0 aliphatic carbocycles. The Hall–Kier alpha value is -0.360. The molecule has 1 N–H and O–H groups in total. The zero-order chi connectivity index (χ0) is 12.3. The summed E-state index contributed by atoms with van der Waals surface area (Å²) in [5.74, 6) is -0.382. The van der Waals surface area contributed by atoms with Crippen LogP contribution in [0.5, 0.6) is 0 Å². The molecular formula is C9H12Cl2N2O2S. The monoisotopic (exact) mass is 282 g/mol. The van der Waals surface area contributed by atoms with Crippen molar-refractivity contribution in [3.63, 3.8) is 0 Å². The van der Waals surface area contributed by atoms with E-state index in [1.165, 1.54) is 4.90 Å². The molecule has 1 heterocycles. The van der Waals surface area contributed by atoms with Crippen LogP contribution in [0.1, 0.15) is 25.0 Å². The Morgan fingerprint density at radius 3 is 2.44 bits per heavy atom. The fourth-order valence-electron chi connectivity index (χ4n) is 1.23. The van der Waals surface area contributed by atoms with E-state index in [1.54, 1.807) is 0 Å². The van der Waals surface area contributed by atoms with Gasteiger partial charge in [0.1, 0.15) is 9.34 Å². The first-order valence-corrected chi connectivity index (χ1v) is 6.37. The summed E-state index contributed by atoms with van der Waals surface area (Å²) in [4.78, 5) is 17.1. The SMILES string of the molecule is CCN(CC)C(=O)C(O)c1nc(Cl)c(Cl)s1. The molecule has 1 aromatic rings. The molecule has 0 bridgehead atoms. The third kappa shape index (κ3) is 2.85. The van der Waals surface area contributed by atoms with Crippen LogP contribution in [0.25, 0.3) is 0 Å². The highest BCUT2D eigenvalue weighted by atomic mass is 35.5. The molecule has 16 heavy (non-hydrogen) atoms. The number of hydrogen-bond acceptors (Lipinski definition) is 4. The van der Waals surface area contributed by atoms with Crippen molar-refractivity contribution in [3.8, 4) is 0 Å². The largest absolute Gasteiger partial charge is 0.376 e. The molecule has 0 fully saturated rings. The highest BCUT2D eigenvalue weighted by molar-refractivity contribution is 7.16. The molecule has 0 saturated heterocycles. The number of halogens is 2. The van der Waals surface area contributed by atoms with Crippen molar-refractivity contribution in [2.75, 3.05) is 13.1 Å². The summed E-state index contributed by atoms with van der Waals surface area (Å²) in [5.41, 5.74) is 0. The maximum absolute atomic E-state index is 11.8. The smallest absolute Gasteiger partial charge is 0.258 e. The van der Waals surface area contributed by atoms with Crippen LogP contribution in [0.15, 0.2) is 0 Å². The summed E-state index contributed by atoms with van der Waals surface area (Å²) in [6, 6.07) is 0. The lowest BCUT2D eigenvalue weighted by molar-refractivity contribution is -0.140. The van der Waals surface area contributed by atoms with Crippen molar-refractivity contribution in [1.29, 1.82) is 0 Å². The first-order valence-electron chi connectivity index (χ1n) is 4.79. The number of rotatable bonds is 4. The highest BCUT2D eigenvalue weighted by Crippen LogP contribution is 2.32. The van der Waals surface area contributed by atoms with Gasteiger partial charge in [-0.15, -0.1) is 11.3 Å². The van der Waals surface area contributed by atoms with Gasteiger partial charge < -0.3 is 10.0 Å². The van der Waals surface area contributed by atoms with E-state index < -0.39 is 6.10 Å². The van der Waals surface area contributed by atoms with Gasteiger partial charge in [-0.25, -0.2) is 4.98 Å². The third-order valence-corrected chi connectivity index (χ3v) is 3.90. The van der Waals surface area contributed by atoms with Crippen molar-refractivity contribution in [1.82, 2.24) is 9.88 Å². The van der Waals surface area contributed by atoms with E-state index in [1.807, 2.05) is 13.8 Å². The molecule has 0 spiro atoms. The molecule has 7 heteroatoms. The van der Waals surface area contributed by atoms with Gasteiger partial charge in [0.05, 0.1) is 0 Å². The van der Waals surface area contributed by atoms with E-state index in [9.17, 15) is 9.90 Å². The number of amides is 1. The fourth-order valence-corrected chi connectivity index (χ4v) is 2.43. The second-order valence-corrected chi connectivity index (χ2v) is 5.02. The maximum atomic E-state index is 11.8. The van der Waals surface area contributed by atoms with E-state index in [0.717, 1.165) is 11.3 Å². The Morgan fingerprint density at radius 2 is 2.06 bits per heavy atom. The Morgan fingerprint density at radius 1 is 1.50 bits per heavy atom. The van der Waals surface area contributed by atoms with Gasteiger partial charge in [0.25, 0.3) is 5.91 Å². The minimum Gasteiger partial charge on any atom is -0.376 e. The number of carbonyl (C=O) groups excluding carboxylic acids is 1. The van der Waals surface area contributed by atoms with Crippen molar-refractivity contribution in [3.05, 3.63) is 14.5 Å². The van der Waals surface area contributed by atoms with Crippen LogP contribution in [0.3, 0.4) is 0 Å². The van der Waals surface area contributed by atoms with Crippen molar-refractivity contribution < 1.29 is 9.90 Å². The van der Waals surface area contributed by atoms with Crippen LogP contribution in [-0.4, -0.2) is 34.0 Å². The fraction of sp³-hybridized carbons (Fsp3) is 0.556. The molecule has 1 atom stereocenters. The molecule has 0 radical (unpaired) electrons. The van der Waals surface area contributed by atoms with E-state index in [-0.39, 0.29) is 20.4 Å². The number of nitrogens with zero attached hydrogens (tertiary/aromatic N) is 2. The second-order valence-electron chi connectivity index (χ2n) is 3.03.